The van der Waals surface area contributed by atoms with Gasteiger partial charge in [-0.3, -0.25) is 4.79 Å². The summed E-state index contributed by atoms with van der Waals surface area (Å²) in [6.45, 7) is 10.5. The topological polar surface area (TPSA) is 55.8 Å². The summed E-state index contributed by atoms with van der Waals surface area (Å²) >= 11 is 0. The lowest BCUT2D eigenvalue weighted by Crippen LogP contribution is -2.36. The number of carbonyl (C=O) groups excluding carboxylic acids is 2. The van der Waals surface area contributed by atoms with Crippen molar-refractivity contribution in [2.45, 2.75) is 40.2 Å². The Hall–Kier alpha value is -1.26. The Kier molecular flexibility index (Phi) is 4.59. The van der Waals surface area contributed by atoms with Crippen molar-refractivity contribution in [3.8, 4) is 0 Å². The Bertz CT molecular complexity index is 321. The molecule has 18 heavy (non-hydrogen) atoms. The van der Waals surface area contributed by atoms with Crippen molar-refractivity contribution in [2.75, 3.05) is 19.7 Å². The summed E-state index contributed by atoms with van der Waals surface area (Å²) in [5, 5.41) is 0. The van der Waals surface area contributed by atoms with Crippen molar-refractivity contribution in [2.24, 2.45) is 11.8 Å². The van der Waals surface area contributed by atoms with Crippen LogP contribution in [-0.2, 0) is 14.3 Å². The molecule has 1 aliphatic heterocycles. The van der Waals surface area contributed by atoms with Crippen LogP contribution in [0.1, 0.15) is 34.6 Å². The number of nitrogens with zero attached hydrogens (tertiary/aromatic N) is 1. The van der Waals surface area contributed by atoms with E-state index in [4.69, 9.17) is 9.47 Å². The number of esters is 1. The molecule has 2 atom stereocenters. The van der Waals surface area contributed by atoms with Crippen molar-refractivity contribution in [3.05, 3.63) is 0 Å². The maximum atomic E-state index is 11.9. The smallest absolute Gasteiger partial charge is 0.410 e. The van der Waals surface area contributed by atoms with E-state index in [1.165, 1.54) is 0 Å². The largest absolute Gasteiger partial charge is 0.466 e. The molecule has 0 aromatic heterocycles. The average Bonchev–Trinajstić information content (AvgIpc) is 2.58. The third-order valence-electron chi connectivity index (χ3n) is 2.85. The van der Waals surface area contributed by atoms with Crippen LogP contribution < -0.4 is 0 Å². The highest BCUT2D eigenvalue weighted by atomic mass is 16.6. The molecule has 1 heterocycles. The number of likely N-dealkylation sites (tertiary alicyclic amines) is 1. The van der Waals surface area contributed by atoms with Gasteiger partial charge >= 0.3 is 12.1 Å². The average molecular weight is 257 g/mol. The highest BCUT2D eigenvalue weighted by Crippen LogP contribution is 2.25. The SMILES string of the molecule is CCOC(=O)[C@H]1CN(C(=O)OC(C)(C)C)C[C@@H]1C. The number of carbonyl (C=O) groups is 2. The van der Waals surface area contributed by atoms with Gasteiger partial charge in [-0.15, -0.1) is 0 Å². The van der Waals surface area contributed by atoms with E-state index in [0.29, 0.717) is 19.7 Å². The summed E-state index contributed by atoms with van der Waals surface area (Å²) in [4.78, 5) is 25.2. The van der Waals surface area contributed by atoms with Crippen LogP contribution in [0.25, 0.3) is 0 Å². The van der Waals surface area contributed by atoms with Crippen LogP contribution in [-0.4, -0.2) is 42.3 Å². The van der Waals surface area contributed by atoms with Gasteiger partial charge in [0.1, 0.15) is 5.60 Å². The standard InChI is InChI=1S/C13H23NO4/c1-6-17-11(15)10-8-14(7-9(10)2)12(16)18-13(3,4)5/h9-10H,6-8H2,1-5H3/t9-,10-/m0/s1. The highest BCUT2D eigenvalue weighted by Gasteiger charge is 2.39. The van der Waals surface area contributed by atoms with Crippen LogP contribution in [0, 0.1) is 11.8 Å². The minimum absolute atomic E-state index is 0.108. The molecule has 5 nitrogen and oxygen atoms in total. The summed E-state index contributed by atoms with van der Waals surface area (Å²) in [6.07, 6.45) is -0.360. The monoisotopic (exact) mass is 257 g/mol. The summed E-state index contributed by atoms with van der Waals surface area (Å²) in [5.74, 6) is -0.356. The maximum Gasteiger partial charge on any atom is 0.410 e. The van der Waals surface area contributed by atoms with E-state index in [9.17, 15) is 9.59 Å². The fraction of sp³-hybridized carbons (Fsp3) is 0.846. The van der Waals surface area contributed by atoms with Crippen molar-refractivity contribution in [1.29, 1.82) is 0 Å². The molecule has 1 amide bonds. The van der Waals surface area contributed by atoms with Crippen LogP contribution in [0.4, 0.5) is 4.79 Å². The van der Waals surface area contributed by atoms with Gasteiger partial charge in [-0.05, 0) is 33.6 Å². The third kappa shape index (κ3) is 3.89. The summed E-state index contributed by atoms with van der Waals surface area (Å²) < 4.78 is 10.3. The van der Waals surface area contributed by atoms with Gasteiger partial charge in [0.25, 0.3) is 0 Å². The molecule has 0 unspecified atom stereocenters. The molecule has 0 radical (unpaired) electrons. The van der Waals surface area contributed by atoms with Gasteiger partial charge < -0.3 is 14.4 Å². The van der Waals surface area contributed by atoms with E-state index in [1.54, 1.807) is 11.8 Å². The van der Waals surface area contributed by atoms with Crippen molar-refractivity contribution in [1.82, 2.24) is 4.90 Å². The summed E-state index contributed by atoms with van der Waals surface area (Å²) in [6, 6.07) is 0. The molecule has 1 fully saturated rings. The van der Waals surface area contributed by atoms with Crippen LogP contribution in [0.5, 0.6) is 0 Å². The van der Waals surface area contributed by atoms with Gasteiger partial charge in [0.2, 0.25) is 0 Å². The minimum Gasteiger partial charge on any atom is -0.466 e. The molecule has 1 aliphatic rings. The second-order valence-electron chi connectivity index (χ2n) is 5.72. The first-order valence-corrected chi connectivity index (χ1v) is 6.39. The lowest BCUT2D eigenvalue weighted by Gasteiger charge is -2.24. The Morgan fingerprint density at radius 3 is 2.39 bits per heavy atom. The predicted octanol–water partition coefficient (Wildman–Crippen LogP) is 2.05. The van der Waals surface area contributed by atoms with E-state index in [1.807, 2.05) is 27.7 Å². The normalized spacial score (nSPS) is 23.9. The molecule has 0 aromatic carbocycles. The third-order valence-corrected chi connectivity index (χ3v) is 2.85. The number of hydrogen-bond donors (Lipinski definition) is 0. The van der Waals surface area contributed by atoms with Crippen LogP contribution >= 0.6 is 0 Å². The Balaban J connectivity index is 2.58. The molecule has 5 heteroatoms. The van der Waals surface area contributed by atoms with E-state index in [2.05, 4.69) is 0 Å². The van der Waals surface area contributed by atoms with E-state index < -0.39 is 5.60 Å². The molecule has 104 valence electrons. The van der Waals surface area contributed by atoms with Gasteiger partial charge in [0.05, 0.1) is 12.5 Å². The van der Waals surface area contributed by atoms with Crippen LogP contribution in [0.3, 0.4) is 0 Å². The molecule has 0 spiro atoms. The summed E-state index contributed by atoms with van der Waals surface area (Å²) in [5.41, 5.74) is -0.512. The quantitative estimate of drug-likeness (QED) is 0.710. The first-order valence-electron chi connectivity index (χ1n) is 6.39. The summed E-state index contributed by atoms with van der Waals surface area (Å²) in [7, 11) is 0. The number of amides is 1. The number of rotatable bonds is 2. The zero-order valence-corrected chi connectivity index (χ0v) is 11.9. The maximum absolute atomic E-state index is 11.9. The molecule has 0 N–H and O–H groups in total. The molecule has 0 bridgehead atoms. The van der Waals surface area contributed by atoms with Gasteiger partial charge in [-0.25, -0.2) is 4.79 Å². The lowest BCUT2D eigenvalue weighted by molar-refractivity contribution is -0.148. The van der Waals surface area contributed by atoms with Crippen molar-refractivity contribution >= 4 is 12.1 Å². The molecule has 0 saturated carbocycles. The van der Waals surface area contributed by atoms with Gasteiger partial charge in [0.15, 0.2) is 0 Å². The molecular formula is C13H23NO4. The van der Waals surface area contributed by atoms with Crippen molar-refractivity contribution in [3.63, 3.8) is 0 Å². The molecular weight excluding hydrogens is 234 g/mol. The van der Waals surface area contributed by atoms with Gasteiger partial charge in [-0.1, -0.05) is 6.92 Å². The second-order valence-corrected chi connectivity index (χ2v) is 5.72. The zero-order valence-electron chi connectivity index (χ0n) is 11.9. The minimum atomic E-state index is -0.512. The fourth-order valence-electron chi connectivity index (χ4n) is 2.00. The first-order chi connectivity index (χ1) is 8.24. The Morgan fingerprint density at radius 1 is 1.28 bits per heavy atom. The first kappa shape index (κ1) is 14.8. The molecule has 0 aliphatic carbocycles. The highest BCUT2D eigenvalue weighted by molar-refractivity contribution is 5.76. The molecule has 1 saturated heterocycles. The van der Waals surface area contributed by atoms with E-state index in [-0.39, 0.29) is 23.9 Å². The Labute approximate surface area is 108 Å². The molecule has 1 rings (SSSR count). The lowest BCUT2D eigenvalue weighted by atomic mass is 9.99. The van der Waals surface area contributed by atoms with Gasteiger partial charge in [-0.2, -0.15) is 0 Å². The van der Waals surface area contributed by atoms with Crippen LogP contribution in [0.2, 0.25) is 0 Å². The van der Waals surface area contributed by atoms with Crippen LogP contribution in [0.15, 0.2) is 0 Å². The predicted molar refractivity (Wildman–Crippen MR) is 67.1 cm³/mol. The second kappa shape index (κ2) is 5.59. The number of hydrogen-bond acceptors (Lipinski definition) is 4. The molecule has 0 aromatic rings. The van der Waals surface area contributed by atoms with E-state index in [0.717, 1.165) is 0 Å². The van der Waals surface area contributed by atoms with Gasteiger partial charge in [0, 0.05) is 13.1 Å². The fourth-order valence-corrected chi connectivity index (χ4v) is 2.00. The number of ether oxygens (including phenoxy) is 2. The Morgan fingerprint density at radius 2 is 1.89 bits per heavy atom. The van der Waals surface area contributed by atoms with E-state index >= 15 is 0 Å². The zero-order chi connectivity index (χ0) is 13.9. The van der Waals surface area contributed by atoms with Crippen molar-refractivity contribution < 1.29 is 19.1 Å².